The van der Waals surface area contributed by atoms with E-state index in [4.69, 9.17) is 0 Å². The average Bonchev–Trinajstić information content (AvgIpc) is 3.20. The van der Waals surface area contributed by atoms with E-state index in [9.17, 15) is 8.42 Å². The van der Waals surface area contributed by atoms with Gasteiger partial charge in [-0.25, -0.2) is 18.1 Å². The Balaban J connectivity index is 2.06. The predicted molar refractivity (Wildman–Crippen MR) is 83.3 cm³/mol. The van der Waals surface area contributed by atoms with Gasteiger partial charge in [0.2, 0.25) is 0 Å². The van der Waals surface area contributed by atoms with E-state index in [2.05, 4.69) is 28.9 Å². The Morgan fingerprint density at radius 2 is 2.00 bits per heavy atom. The summed E-state index contributed by atoms with van der Waals surface area (Å²) in [5.41, 5.74) is 0.572. The van der Waals surface area contributed by atoms with Crippen LogP contribution in [-0.4, -0.2) is 25.0 Å². The van der Waals surface area contributed by atoms with E-state index in [1.54, 1.807) is 18.3 Å². The molecule has 0 spiro atoms. The molecule has 1 aromatic heterocycles. The van der Waals surface area contributed by atoms with Gasteiger partial charge in [0.15, 0.2) is 5.03 Å². The summed E-state index contributed by atoms with van der Waals surface area (Å²) in [7, 11) is -3.55. The Morgan fingerprint density at radius 1 is 1.33 bits per heavy atom. The number of rotatable bonds is 7. The highest BCUT2D eigenvalue weighted by atomic mass is 32.2. The second kappa shape index (κ2) is 6.02. The van der Waals surface area contributed by atoms with E-state index >= 15 is 0 Å². The van der Waals surface area contributed by atoms with Crippen LogP contribution < -0.4 is 10.0 Å². The maximum Gasteiger partial charge on any atom is 0.258 e. The van der Waals surface area contributed by atoms with Crippen molar-refractivity contribution in [3.8, 4) is 0 Å². The molecule has 0 aromatic carbocycles. The molecule has 118 valence electrons. The van der Waals surface area contributed by atoms with E-state index in [1.165, 1.54) is 0 Å². The fraction of sp³-hybridized carbons (Fsp3) is 0.667. The van der Waals surface area contributed by atoms with Gasteiger partial charge in [0, 0.05) is 24.3 Å². The van der Waals surface area contributed by atoms with Crippen LogP contribution in [0.15, 0.2) is 23.4 Å². The Bertz CT molecular complexity index is 575. The second-order valence-electron chi connectivity index (χ2n) is 6.64. The fourth-order valence-corrected chi connectivity index (χ4v) is 3.69. The summed E-state index contributed by atoms with van der Waals surface area (Å²) < 4.78 is 27.5. The predicted octanol–water partition coefficient (Wildman–Crippen LogP) is 2.05. The number of nitrogens with zero attached hydrogens (tertiary/aromatic N) is 1. The van der Waals surface area contributed by atoms with Crippen molar-refractivity contribution in [2.45, 2.75) is 63.7 Å². The third kappa shape index (κ3) is 4.49. The van der Waals surface area contributed by atoms with E-state index in [-0.39, 0.29) is 5.03 Å². The van der Waals surface area contributed by atoms with Gasteiger partial charge < -0.3 is 5.32 Å². The standard InChI is InChI=1S/C15H25N3O2S/c1-11(2)16-9-12-5-8-14(17-10-12)21(19,20)18-15(3,4)13-6-7-13/h5,8,10-11,13,16,18H,6-7,9H2,1-4H3. The molecule has 1 fully saturated rings. The monoisotopic (exact) mass is 311 g/mol. The lowest BCUT2D eigenvalue weighted by molar-refractivity contribution is 0.400. The smallest absolute Gasteiger partial charge is 0.258 e. The Hall–Kier alpha value is -0.980. The van der Waals surface area contributed by atoms with Gasteiger partial charge in [-0.1, -0.05) is 19.9 Å². The summed E-state index contributed by atoms with van der Waals surface area (Å²) >= 11 is 0. The first-order valence-corrected chi connectivity index (χ1v) is 8.91. The highest BCUT2D eigenvalue weighted by Crippen LogP contribution is 2.39. The molecule has 0 saturated heterocycles. The van der Waals surface area contributed by atoms with Crippen molar-refractivity contribution in [1.82, 2.24) is 15.0 Å². The highest BCUT2D eigenvalue weighted by Gasteiger charge is 2.40. The molecule has 1 aliphatic carbocycles. The molecule has 2 N–H and O–H groups in total. The first kappa shape index (κ1) is 16.4. The van der Waals surface area contributed by atoms with Crippen molar-refractivity contribution in [2.24, 2.45) is 5.92 Å². The van der Waals surface area contributed by atoms with Gasteiger partial charge in [-0.05, 0) is 44.2 Å². The first-order valence-electron chi connectivity index (χ1n) is 7.43. The number of aromatic nitrogens is 1. The van der Waals surface area contributed by atoms with Crippen molar-refractivity contribution in [1.29, 1.82) is 0 Å². The van der Waals surface area contributed by atoms with Crippen LogP contribution in [-0.2, 0) is 16.6 Å². The molecule has 0 aliphatic heterocycles. The van der Waals surface area contributed by atoms with E-state index in [0.717, 1.165) is 18.4 Å². The molecule has 1 saturated carbocycles. The molecule has 1 aromatic rings. The average molecular weight is 311 g/mol. The fourth-order valence-electron chi connectivity index (χ4n) is 2.28. The molecule has 1 aliphatic rings. The first-order chi connectivity index (χ1) is 9.71. The van der Waals surface area contributed by atoms with Crippen molar-refractivity contribution < 1.29 is 8.42 Å². The van der Waals surface area contributed by atoms with Crippen molar-refractivity contribution in [2.75, 3.05) is 0 Å². The zero-order valence-corrected chi connectivity index (χ0v) is 14.0. The van der Waals surface area contributed by atoms with Gasteiger partial charge in [-0.3, -0.25) is 0 Å². The molecule has 0 atom stereocenters. The number of hydrogen-bond donors (Lipinski definition) is 2. The molecule has 0 amide bonds. The Labute approximate surface area is 127 Å². The van der Waals surface area contributed by atoms with E-state index < -0.39 is 15.6 Å². The Kier molecular flexibility index (Phi) is 4.70. The molecule has 2 rings (SSSR count). The molecule has 1 heterocycles. The van der Waals surface area contributed by atoms with Crippen LogP contribution in [0.5, 0.6) is 0 Å². The lowest BCUT2D eigenvalue weighted by Crippen LogP contribution is -2.45. The minimum atomic E-state index is -3.55. The van der Waals surface area contributed by atoms with Gasteiger partial charge in [0.25, 0.3) is 10.0 Å². The summed E-state index contributed by atoms with van der Waals surface area (Å²) in [5.74, 6) is 0.432. The molecule has 0 unspecified atom stereocenters. The maximum absolute atomic E-state index is 12.4. The largest absolute Gasteiger partial charge is 0.310 e. The maximum atomic E-state index is 12.4. The zero-order chi connectivity index (χ0) is 15.7. The third-order valence-electron chi connectivity index (χ3n) is 3.78. The van der Waals surface area contributed by atoms with E-state index in [0.29, 0.717) is 18.5 Å². The molecule has 21 heavy (non-hydrogen) atoms. The third-order valence-corrected chi connectivity index (χ3v) is 5.37. The van der Waals surface area contributed by atoms with Crippen molar-refractivity contribution in [3.05, 3.63) is 23.9 Å². The van der Waals surface area contributed by atoms with Gasteiger partial charge in [-0.15, -0.1) is 0 Å². The van der Waals surface area contributed by atoms with Crippen LogP contribution in [0.2, 0.25) is 0 Å². The summed E-state index contributed by atoms with van der Waals surface area (Å²) in [5, 5.41) is 3.36. The molecule has 6 heteroatoms. The van der Waals surface area contributed by atoms with Crippen LogP contribution in [0, 0.1) is 5.92 Å². The molecular formula is C15H25N3O2S. The summed E-state index contributed by atoms with van der Waals surface area (Å²) in [6.07, 6.45) is 3.79. The van der Waals surface area contributed by atoms with Crippen LogP contribution >= 0.6 is 0 Å². The Morgan fingerprint density at radius 3 is 2.48 bits per heavy atom. The lowest BCUT2D eigenvalue weighted by Gasteiger charge is -2.25. The second-order valence-corrected chi connectivity index (χ2v) is 8.27. The zero-order valence-electron chi connectivity index (χ0n) is 13.2. The normalized spacial score (nSPS) is 16.4. The summed E-state index contributed by atoms with van der Waals surface area (Å²) in [6, 6.07) is 3.76. The topological polar surface area (TPSA) is 71.1 Å². The van der Waals surface area contributed by atoms with Gasteiger partial charge in [-0.2, -0.15) is 0 Å². The van der Waals surface area contributed by atoms with Gasteiger partial charge >= 0.3 is 0 Å². The summed E-state index contributed by atoms with van der Waals surface area (Å²) in [6.45, 7) is 8.69. The van der Waals surface area contributed by atoms with Crippen LogP contribution in [0.3, 0.4) is 0 Å². The minimum Gasteiger partial charge on any atom is -0.310 e. The quantitative estimate of drug-likeness (QED) is 0.808. The molecular weight excluding hydrogens is 286 g/mol. The molecule has 0 bridgehead atoms. The van der Waals surface area contributed by atoms with Crippen LogP contribution in [0.1, 0.15) is 46.1 Å². The minimum absolute atomic E-state index is 0.0875. The SMILES string of the molecule is CC(C)NCc1ccc(S(=O)(=O)NC(C)(C)C2CC2)nc1. The molecule has 0 radical (unpaired) electrons. The van der Waals surface area contributed by atoms with Crippen molar-refractivity contribution >= 4 is 10.0 Å². The number of pyridine rings is 1. The summed E-state index contributed by atoms with van der Waals surface area (Å²) in [4.78, 5) is 4.10. The number of nitrogens with one attached hydrogen (secondary N) is 2. The van der Waals surface area contributed by atoms with E-state index in [1.807, 2.05) is 13.8 Å². The lowest BCUT2D eigenvalue weighted by atomic mass is 10.0. The highest BCUT2D eigenvalue weighted by molar-refractivity contribution is 7.89. The number of sulfonamides is 1. The van der Waals surface area contributed by atoms with Gasteiger partial charge in [0.1, 0.15) is 0 Å². The van der Waals surface area contributed by atoms with Gasteiger partial charge in [0.05, 0.1) is 0 Å². The molecule has 5 nitrogen and oxygen atoms in total. The number of hydrogen-bond acceptors (Lipinski definition) is 4. The van der Waals surface area contributed by atoms with Crippen molar-refractivity contribution in [3.63, 3.8) is 0 Å². The van der Waals surface area contributed by atoms with Crippen LogP contribution in [0.25, 0.3) is 0 Å². The van der Waals surface area contributed by atoms with Crippen LogP contribution in [0.4, 0.5) is 0 Å².